The summed E-state index contributed by atoms with van der Waals surface area (Å²) in [5, 5.41) is 0. The van der Waals surface area contributed by atoms with Crippen LogP contribution in [-0.2, 0) is 4.79 Å². The van der Waals surface area contributed by atoms with E-state index in [1.165, 1.54) is 16.8 Å². The van der Waals surface area contributed by atoms with Crippen LogP contribution in [0.25, 0.3) is 22.3 Å². The summed E-state index contributed by atoms with van der Waals surface area (Å²) in [6, 6.07) is 21.9. The predicted octanol–water partition coefficient (Wildman–Crippen LogP) is 5.03. The molecule has 4 aromatic rings. The zero-order valence-corrected chi connectivity index (χ0v) is 20.4. The van der Waals surface area contributed by atoms with Gasteiger partial charge < -0.3 is 14.5 Å². The topological polar surface area (TPSA) is 58.6 Å². The molecule has 0 radical (unpaired) electrons. The second-order valence-corrected chi connectivity index (χ2v) is 9.06. The molecule has 35 heavy (non-hydrogen) atoms. The van der Waals surface area contributed by atoms with Crippen molar-refractivity contribution in [3.05, 3.63) is 84.1 Å². The number of anilines is 1. The number of hydrogen-bond acceptors (Lipinski definition) is 5. The maximum Gasteiger partial charge on any atom is 0.263 e. The third-order valence-electron chi connectivity index (χ3n) is 6.77. The van der Waals surface area contributed by atoms with Crippen LogP contribution in [-0.4, -0.2) is 53.1 Å². The van der Waals surface area contributed by atoms with E-state index >= 15 is 0 Å². The Balaban J connectivity index is 1.19. The number of aryl methyl sites for hydroxylation is 1. The summed E-state index contributed by atoms with van der Waals surface area (Å²) in [5.74, 6) is 0.687. The van der Waals surface area contributed by atoms with Crippen molar-refractivity contribution in [1.29, 1.82) is 0 Å². The number of ether oxygens (including phenoxy) is 1. The summed E-state index contributed by atoms with van der Waals surface area (Å²) in [6.07, 6.45) is 1.23. The van der Waals surface area contributed by atoms with Gasteiger partial charge in [-0.05, 0) is 74.4 Å². The van der Waals surface area contributed by atoms with Gasteiger partial charge in [0.1, 0.15) is 5.75 Å². The monoisotopic (exact) mass is 466 g/mol. The number of nitrogens with zero attached hydrogens (tertiary/aromatic N) is 4. The minimum atomic E-state index is -0.548. The summed E-state index contributed by atoms with van der Waals surface area (Å²) >= 11 is 0. The Morgan fingerprint density at radius 2 is 1.60 bits per heavy atom. The highest BCUT2D eigenvalue weighted by Gasteiger charge is 2.26. The van der Waals surface area contributed by atoms with Crippen LogP contribution in [0.3, 0.4) is 0 Å². The molecule has 1 fully saturated rings. The van der Waals surface area contributed by atoms with E-state index in [2.05, 4.69) is 41.9 Å². The zero-order valence-electron chi connectivity index (χ0n) is 20.4. The third-order valence-corrected chi connectivity index (χ3v) is 6.77. The lowest BCUT2D eigenvalue weighted by Gasteiger charge is -2.38. The van der Waals surface area contributed by atoms with Crippen molar-refractivity contribution in [3.8, 4) is 17.0 Å². The normalized spacial score (nSPS) is 14.7. The first-order chi connectivity index (χ1) is 17.0. The minimum Gasteiger partial charge on any atom is -0.481 e. The fourth-order valence-corrected chi connectivity index (χ4v) is 4.56. The number of fused-ring (bicyclic) bond motifs is 1. The van der Waals surface area contributed by atoms with Gasteiger partial charge in [0.25, 0.3) is 5.91 Å². The molecule has 5 rings (SSSR count). The van der Waals surface area contributed by atoms with E-state index in [1.807, 2.05) is 60.4 Å². The summed E-state index contributed by atoms with van der Waals surface area (Å²) in [6.45, 7) is 9.16. The lowest BCUT2D eigenvalue weighted by molar-refractivity contribution is -0.138. The van der Waals surface area contributed by atoms with Crippen LogP contribution in [0.2, 0.25) is 0 Å². The zero-order chi connectivity index (χ0) is 24.4. The largest absolute Gasteiger partial charge is 0.481 e. The average molecular weight is 467 g/mol. The van der Waals surface area contributed by atoms with Crippen LogP contribution in [0, 0.1) is 13.8 Å². The lowest BCUT2D eigenvalue weighted by atomic mass is 10.1. The van der Waals surface area contributed by atoms with Gasteiger partial charge in [-0.3, -0.25) is 9.78 Å². The lowest BCUT2D eigenvalue weighted by Crippen LogP contribution is -2.52. The van der Waals surface area contributed by atoms with Gasteiger partial charge in [-0.25, -0.2) is 4.98 Å². The maximum absolute atomic E-state index is 13.0. The number of carbonyl (C=O) groups excluding carboxylic acids is 1. The number of carbonyl (C=O) groups is 1. The van der Waals surface area contributed by atoms with Crippen LogP contribution in [0.1, 0.15) is 18.1 Å². The number of aromatic nitrogens is 2. The summed E-state index contributed by atoms with van der Waals surface area (Å²) in [4.78, 5) is 26.5. The van der Waals surface area contributed by atoms with Crippen LogP contribution >= 0.6 is 0 Å². The average Bonchev–Trinajstić information content (AvgIpc) is 2.90. The molecule has 0 N–H and O–H groups in total. The molecule has 1 amide bonds. The van der Waals surface area contributed by atoms with Gasteiger partial charge >= 0.3 is 0 Å². The number of benzene rings is 3. The fraction of sp³-hybridized carbons (Fsp3) is 0.276. The first-order valence-electron chi connectivity index (χ1n) is 12.1. The second-order valence-electron chi connectivity index (χ2n) is 9.06. The van der Waals surface area contributed by atoms with Crippen molar-refractivity contribution in [1.82, 2.24) is 14.9 Å². The van der Waals surface area contributed by atoms with Crippen LogP contribution in [0.5, 0.6) is 5.75 Å². The van der Waals surface area contributed by atoms with Crippen molar-refractivity contribution in [2.24, 2.45) is 0 Å². The molecule has 0 aliphatic carbocycles. The molecule has 6 heteroatoms. The van der Waals surface area contributed by atoms with Crippen molar-refractivity contribution >= 4 is 22.6 Å². The van der Waals surface area contributed by atoms with Crippen molar-refractivity contribution in [3.63, 3.8) is 0 Å². The molecule has 0 saturated carbocycles. The van der Waals surface area contributed by atoms with E-state index in [9.17, 15) is 4.79 Å². The number of hydrogen-bond donors (Lipinski definition) is 0. The van der Waals surface area contributed by atoms with E-state index in [4.69, 9.17) is 9.72 Å². The summed E-state index contributed by atoms with van der Waals surface area (Å²) < 4.78 is 6.00. The van der Waals surface area contributed by atoms with Crippen LogP contribution < -0.4 is 9.64 Å². The minimum absolute atomic E-state index is 0.0232. The molecule has 2 heterocycles. The van der Waals surface area contributed by atoms with Gasteiger partial charge in [-0.1, -0.05) is 24.3 Å². The molecule has 1 saturated heterocycles. The number of piperazine rings is 1. The molecule has 1 aliphatic rings. The molecule has 1 atom stereocenters. The Kier molecular flexibility index (Phi) is 6.36. The highest BCUT2D eigenvalue weighted by molar-refractivity contribution is 5.81. The van der Waals surface area contributed by atoms with Crippen LogP contribution in [0.15, 0.2) is 72.9 Å². The predicted molar refractivity (Wildman–Crippen MR) is 140 cm³/mol. The first kappa shape index (κ1) is 22.8. The molecule has 1 aliphatic heterocycles. The highest BCUT2D eigenvalue weighted by atomic mass is 16.5. The van der Waals surface area contributed by atoms with Crippen molar-refractivity contribution in [2.75, 3.05) is 31.1 Å². The van der Waals surface area contributed by atoms with Gasteiger partial charge in [0.2, 0.25) is 0 Å². The molecule has 3 aromatic carbocycles. The van der Waals surface area contributed by atoms with E-state index in [0.29, 0.717) is 18.8 Å². The molecule has 6 nitrogen and oxygen atoms in total. The smallest absolute Gasteiger partial charge is 0.263 e. The maximum atomic E-state index is 13.0. The van der Waals surface area contributed by atoms with Gasteiger partial charge in [-0.2, -0.15) is 0 Å². The van der Waals surface area contributed by atoms with Gasteiger partial charge in [-0.15, -0.1) is 0 Å². The van der Waals surface area contributed by atoms with Gasteiger partial charge in [0.05, 0.1) is 22.9 Å². The highest BCUT2D eigenvalue weighted by Crippen LogP contribution is 2.25. The van der Waals surface area contributed by atoms with Crippen molar-refractivity contribution in [2.45, 2.75) is 26.9 Å². The van der Waals surface area contributed by atoms with Crippen LogP contribution in [0.4, 0.5) is 5.69 Å². The molecular formula is C29H30N4O2. The quantitative estimate of drug-likeness (QED) is 0.413. The second kappa shape index (κ2) is 9.74. The van der Waals surface area contributed by atoms with Crippen molar-refractivity contribution < 1.29 is 9.53 Å². The summed E-state index contributed by atoms with van der Waals surface area (Å²) in [5.41, 5.74) is 7.36. The Bertz CT molecular complexity index is 1340. The molecule has 178 valence electrons. The number of amides is 1. The first-order valence-corrected chi connectivity index (χ1v) is 12.1. The van der Waals surface area contributed by atoms with E-state index in [-0.39, 0.29) is 5.91 Å². The molecule has 1 aromatic heterocycles. The summed E-state index contributed by atoms with van der Waals surface area (Å²) in [7, 11) is 0. The van der Waals surface area contributed by atoms with Gasteiger partial charge in [0.15, 0.2) is 6.10 Å². The van der Waals surface area contributed by atoms with Gasteiger partial charge in [0, 0.05) is 37.4 Å². The molecule has 0 spiro atoms. The fourth-order valence-electron chi connectivity index (χ4n) is 4.56. The Morgan fingerprint density at radius 3 is 2.34 bits per heavy atom. The van der Waals surface area contributed by atoms with E-state index < -0.39 is 6.10 Å². The Hall–Kier alpha value is -3.93. The third kappa shape index (κ3) is 4.83. The van der Waals surface area contributed by atoms with E-state index in [1.54, 1.807) is 6.20 Å². The molecule has 0 unspecified atom stereocenters. The molecular weight excluding hydrogens is 436 g/mol. The standard InChI is InChI=1S/C29H30N4O2/c1-20-7-6-10-28(21(20)2)32-15-17-33(18-16-32)29(34)22(3)35-24-13-11-23(12-14-24)27-19-30-25-8-4-5-9-26(25)31-27/h4-14,19,22H,15-18H2,1-3H3/t22-/m0/s1. The molecule has 0 bridgehead atoms. The number of para-hydroxylation sites is 2. The Labute approximate surface area is 206 Å². The SMILES string of the molecule is Cc1cccc(N2CCN(C(=O)[C@H](C)Oc3ccc(-c4cnc5ccccc5n4)cc3)CC2)c1C. The van der Waals surface area contributed by atoms with E-state index in [0.717, 1.165) is 35.4 Å². The Morgan fingerprint density at radius 1 is 0.886 bits per heavy atom. The number of rotatable bonds is 5.